The molecular formula is C14H9NO2Se. The first-order valence-electron chi connectivity index (χ1n) is 5.24. The van der Waals surface area contributed by atoms with E-state index in [1.807, 2.05) is 30.3 Å². The van der Waals surface area contributed by atoms with Crippen LogP contribution >= 0.6 is 0 Å². The van der Waals surface area contributed by atoms with Gasteiger partial charge in [-0.1, -0.05) is 0 Å². The monoisotopic (exact) mass is 303 g/mol. The summed E-state index contributed by atoms with van der Waals surface area (Å²) in [6.45, 7) is 0. The van der Waals surface area contributed by atoms with Crippen LogP contribution in [0.3, 0.4) is 0 Å². The van der Waals surface area contributed by atoms with Crippen molar-refractivity contribution < 1.29 is 4.92 Å². The summed E-state index contributed by atoms with van der Waals surface area (Å²) in [5.41, 5.74) is 1.08. The molecule has 2 rings (SSSR count). The summed E-state index contributed by atoms with van der Waals surface area (Å²) in [5.74, 6) is 3.01. The molecule has 0 aliphatic rings. The van der Waals surface area contributed by atoms with Crippen molar-refractivity contribution in [3.8, 4) is 10.7 Å². The van der Waals surface area contributed by atoms with Gasteiger partial charge in [-0.05, 0) is 0 Å². The molecule has 0 radical (unpaired) electrons. The van der Waals surface area contributed by atoms with E-state index in [0.29, 0.717) is 4.46 Å². The molecule has 0 N–H and O–H groups in total. The van der Waals surface area contributed by atoms with E-state index < -0.39 is 0 Å². The summed E-state index contributed by atoms with van der Waals surface area (Å²) < 4.78 is 0.707. The van der Waals surface area contributed by atoms with Gasteiger partial charge in [0.1, 0.15) is 0 Å². The molecule has 0 amide bonds. The van der Waals surface area contributed by atoms with Gasteiger partial charge in [0, 0.05) is 0 Å². The van der Waals surface area contributed by atoms with Crippen molar-refractivity contribution in [2.24, 2.45) is 0 Å². The zero-order valence-electron chi connectivity index (χ0n) is 9.37. The minimum atomic E-state index is -0.360. The number of nitro benzene ring substituents is 1. The van der Waals surface area contributed by atoms with Crippen LogP contribution in [0.25, 0.3) is 0 Å². The van der Waals surface area contributed by atoms with Gasteiger partial charge in [0.15, 0.2) is 0 Å². The van der Waals surface area contributed by atoms with Crippen LogP contribution in [-0.4, -0.2) is 19.9 Å². The van der Waals surface area contributed by atoms with E-state index in [4.69, 9.17) is 0 Å². The second kappa shape index (κ2) is 6.02. The molecule has 0 saturated heterocycles. The van der Waals surface area contributed by atoms with Crippen molar-refractivity contribution in [3.05, 3.63) is 70.3 Å². The van der Waals surface area contributed by atoms with E-state index in [1.165, 1.54) is 6.07 Å². The second-order valence-electron chi connectivity index (χ2n) is 3.42. The molecule has 2 aromatic rings. The van der Waals surface area contributed by atoms with Crippen molar-refractivity contribution >= 4 is 25.1 Å². The Morgan fingerprint density at radius 1 is 1.00 bits per heavy atom. The molecule has 0 unspecified atom stereocenters. The van der Waals surface area contributed by atoms with Crippen LogP contribution in [-0.2, 0) is 0 Å². The molecule has 0 bridgehead atoms. The molecule has 0 heterocycles. The van der Waals surface area contributed by atoms with Crippen LogP contribution in [0.1, 0.15) is 5.56 Å². The average Bonchev–Trinajstić information content (AvgIpc) is 2.40. The summed E-state index contributed by atoms with van der Waals surface area (Å²) in [6, 6.07) is 16.4. The van der Waals surface area contributed by atoms with E-state index in [1.54, 1.807) is 18.2 Å². The van der Waals surface area contributed by atoms with Crippen molar-refractivity contribution in [1.29, 1.82) is 0 Å². The maximum atomic E-state index is 10.8. The maximum absolute atomic E-state index is 10.8. The van der Waals surface area contributed by atoms with E-state index in [2.05, 4.69) is 10.7 Å². The van der Waals surface area contributed by atoms with Gasteiger partial charge < -0.3 is 0 Å². The predicted octanol–water partition coefficient (Wildman–Crippen LogP) is 1.93. The van der Waals surface area contributed by atoms with Gasteiger partial charge in [-0.3, -0.25) is 0 Å². The Morgan fingerprint density at radius 2 is 1.67 bits per heavy atom. The average molecular weight is 302 g/mol. The zero-order valence-corrected chi connectivity index (χ0v) is 11.1. The molecule has 0 fully saturated rings. The van der Waals surface area contributed by atoms with Crippen LogP contribution in [0.2, 0.25) is 0 Å². The van der Waals surface area contributed by atoms with Crippen molar-refractivity contribution in [1.82, 2.24) is 0 Å². The third-order valence-corrected chi connectivity index (χ3v) is 3.81. The van der Waals surface area contributed by atoms with Gasteiger partial charge in [0.2, 0.25) is 0 Å². The first kappa shape index (κ1) is 12.4. The van der Waals surface area contributed by atoms with E-state index in [9.17, 15) is 10.1 Å². The summed E-state index contributed by atoms with van der Waals surface area (Å²) in [6.07, 6.45) is 0. The molecule has 0 saturated carbocycles. The van der Waals surface area contributed by atoms with Gasteiger partial charge in [0.05, 0.1) is 0 Å². The SMILES string of the molecule is O=[N+]([O-])c1ccccc1[Se]C#Cc1ccccc1. The number of benzene rings is 2. The second-order valence-corrected chi connectivity index (χ2v) is 5.20. The first-order chi connectivity index (χ1) is 8.77. The predicted molar refractivity (Wildman–Crippen MR) is 71.8 cm³/mol. The number of hydrogen-bond donors (Lipinski definition) is 0. The van der Waals surface area contributed by atoms with Crippen LogP contribution in [0.5, 0.6) is 0 Å². The van der Waals surface area contributed by atoms with Crippen LogP contribution in [0.4, 0.5) is 5.69 Å². The number of rotatable bonds is 2. The molecule has 0 aliphatic carbocycles. The molecule has 18 heavy (non-hydrogen) atoms. The summed E-state index contributed by atoms with van der Waals surface area (Å²) in [7, 11) is 0. The molecule has 4 heteroatoms. The standard InChI is InChI=1S/C14H9NO2Se/c16-15(17)13-8-4-5-9-14(13)18-11-10-12-6-2-1-3-7-12/h1-9H. The normalized spacial score (nSPS) is 9.33. The number of para-hydroxylation sites is 1. The Hall–Kier alpha value is -2.08. The number of nitro groups is 1. The molecule has 0 spiro atoms. The molecule has 0 atom stereocenters. The summed E-state index contributed by atoms with van der Waals surface area (Å²) in [4.78, 5) is 13.5. The topological polar surface area (TPSA) is 43.1 Å². The third-order valence-electron chi connectivity index (χ3n) is 2.19. The molecule has 3 nitrogen and oxygen atoms in total. The fourth-order valence-corrected chi connectivity index (χ4v) is 2.77. The van der Waals surface area contributed by atoms with Crippen molar-refractivity contribution in [3.63, 3.8) is 0 Å². The molecular weight excluding hydrogens is 293 g/mol. The molecule has 0 aromatic heterocycles. The quantitative estimate of drug-likeness (QED) is 0.368. The fraction of sp³-hybridized carbons (Fsp3) is 0. The molecule has 2 aromatic carbocycles. The van der Waals surface area contributed by atoms with Crippen molar-refractivity contribution in [2.45, 2.75) is 0 Å². The van der Waals surface area contributed by atoms with Crippen LogP contribution in [0.15, 0.2) is 54.6 Å². The Morgan fingerprint density at radius 3 is 2.39 bits per heavy atom. The van der Waals surface area contributed by atoms with Gasteiger partial charge in [-0.15, -0.1) is 0 Å². The summed E-state index contributed by atoms with van der Waals surface area (Å²) >= 11 is -0.209. The van der Waals surface area contributed by atoms with Crippen LogP contribution in [0, 0.1) is 20.9 Å². The number of nitrogens with zero attached hydrogens (tertiary/aromatic N) is 1. The Balaban J connectivity index is 2.17. The van der Waals surface area contributed by atoms with E-state index in [-0.39, 0.29) is 25.6 Å². The van der Waals surface area contributed by atoms with Crippen LogP contribution < -0.4 is 4.46 Å². The minimum absolute atomic E-state index is 0.153. The van der Waals surface area contributed by atoms with Gasteiger partial charge in [-0.2, -0.15) is 0 Å². The Labute approximate surface area is 111 Å². The summed E-state index contributed by atoms with van der Waals surface area (Å²) in [5, 5.41) is 10.8. The first-order valence-corrected chi connectivity index (χ1v) is 6.95. The molecule has 0 aliphatic heterocycles. The Kier molecular flexibility index (Phi) is 4.14. The van der Waals surface area contributed by atoms with Gasteiger partial charge in [0.25, 0.3) is 0 Å². The zero-order chi connectivity index (χ0) is 12.8. The molecule has 88 valence electrons. The fourth-order valence-electron chi connectivity index (χ4n) is 1.36. The third kappa shape index (κ3) is 3.21. The van der Waals surface area contributed by atoms with Crippen molar-refractivity contribution in [2.75, 3.05) is 0 Å². The van der Waals surface area contributed by atoms with Gasteiger partial charge in [-0.25, -0.2) is 0 Å². The Bertz CT molecular complexity index is 614. The van der Waals surface area contributed by atoms with E-state index >= 15 is 0 Å². The van der Waals surface area contributed by atoms with Gasteiger partial charge >= 0.3 is 111 Å². The number of hydrogen-bond acceptors (Lipinski definition) is 2. The van der Waals surface area contributed by atoms with E-state index in [0.717, 1.165) is 5.56 Å².